The number of carbonyl (C=O) groups excluding carboxylic acids is 2. The molecule has 8 heteroatoms. The average molecular weight is 382 g/mol. The molecule has 27 heavy (non-hydrogen) atoms. The summed E-state index contributed by atoms with van der Waals surface area (Å²) in [5, 5.41) is 24.1. The lowest BCUT2D eigenvalue weighted by molar-refractivity contribution is -0.149. The Balaban J connectivity index is 1.83. The number of aliphatic carboxylic acids is 2. The minimum atomic E-state index is -0.937. The Morgan fingerprint density at radius 1 is 0.778 bits per heavy atom. The molecular formula is C19H30N2O6. The van der Waals surface area contributed by atoms with E-state index < -0.39 is 35.6 Å². The number of carboxylic acid groups (broad SMARTS) is 2. The maximum atomic E-state index is 12.4. The SMILES string of the molecule is C[C@H](CNC(=O)[C@@H]1CCCC[C@@H]1C(=O)O)NC(=O)[C@@H]1CCCC[C@@H]1C(=O)O. The second kappa shape index (κ2) is 9.71. The van der Waals surface area contributed by atoms with E-state index in [-0.39, 0.29) is 24.4 Å². The van der Waals surface area contributed by atoms with Gasteiger partial charge in [0, 0.05) is 12.6 Å². The summed E-state index contributed by atoms with van der Waals surface area (Å²) in [6, 6.07) is -0.357. The third-order valence-electron chi connectivity index (χ3n) is 5.81. The Hall–Kier alpha value is -2.12. The summed E-state index contributed by atoms with van der Waals surface area (Å²) >= 11 is 0. The predicted molar refractivity (Wildman–Crippen MR) is 96.8 cm³/mol. The van der Waals surface area contributed by atoms with E-state index in [0.717, 1.165) is 25.7 Å². The van der Waals surface area contributed by atoms with Crippen LogP contribution in [0.4, 0.5) is 0 Å². The van der Waals surface area contributed by atoms with Gasteiger partial charge in [0.1, 0.15) is 0 Å². The van der Waals surface area contributed by atoms with Crippen LogP contribution in [0.15, 0.2) is 0 Å². The normalized spacial score (nSPS) is 29.4. The van der Waals surface area contributed by atoms with Gasteiger partial charge < -0.3 is 20.8 Å². The standard InChI is InChI=1S/C19H30N2O6/c1-11(21-17(23)13-7-3-5-9-15(13)19(26)27)10-20-16(22)12-6-2-4-8-14(12)18(24)25/h11-15H,2-10H2,1H3,(H,20,22)(H,21,23)(H,24,25)(H,26,27)/t11-,12-,13-,14+,15+/m1/s1. The van der Waals surface area contributed by atoms with E-state index in [1.165, 1.54) is 0 Å². The smallest absolute Gasteiger partial charge is 0.307 e. The maximum absolute atomic E-state index is 12.4. The Labute approximate surface area is 159 Å². The van der Waals surface area contributed by atoms with E-state index >= 15 is 0 Å². The molecule has 0 aromatic heterocycles. The number of carbonyl (C=O) groups is 4. The molecule has 0 saturated heterocycles. The molecule has 0 bridgehead atoms. The van der Waals surface area contributed by atoms with Gasteiger partial charge >= 0.3 is 11.9 Å². The zero-order valence-electron chi connectivity index (χ0n) is 15.8. The molecule has 5 atom stereocenters. The van der Waals surface area contributed by atoms with Crippen molar-refractivity contribution in [3.8, 4) is 0 Å². The van der Waals surface area contributed by atoms with E-state index in [1.807, 2.05) is 0 Å². The Morgan fingerprint density at radius 3 is 1.63 bits per heavy atom. The van der Waals surface area contributed by atoms with Gasteiger partial charge in [-0.05, 0) is 32.6 Å². The van der Waals surface area contributed by atoms with Crippen LogP contribution in [-0.4, -0.2) is 46.6 Å². The van der Waals surface area contributed by atoms with E-state index in [1.54, 1.807) is 6.92 Å². The van der Waals surface area contributed by atoms with Gasteiger partial charge in [-0.25, -0.2) is 0 Å². The monoisotopic (exact) mass is 382 g/mol. The van der Waals surface area contributed by atoms with Crippen LogP contribution in [0.5, 0.6) is 0 Å². The summed E-state index contributed by atoms with van der Waals surface area (Å²) < 4.78 is 0. The van der Waals surface area contributed by atoms with E-state index in [9.17, 15) is 29.4 Å². The molecule has 2 saturated carbocycles. The van der Waals surface area contributed by atoms with Crippen LogP contribution in [0.1, 0.15) is 58.3 Å². The van der Waals surface area contributed by atoms with Crippen LogP contribution in [-0.2, 0) is 19.2 Å². The highest BCUT2D eigenvalue weighted by atomic mass is 16.4. The van der Waals surface area contributed by atoms with Crippen molar-refractivity contribution in [1.82, 2.24) is 10.6 Å². The molecule has 4 N–H and O–H groups in total. The number of amides is 2. The molecule has 0 heterocycles. The summed E-state index contributed by atoms with van der Waals surface area (Å²) in [6.07, 6.45) is 5.46. The molecular weight excluding hydrogens is 352 g/mol. The number of nitrogens with one attached hydrogen (secondary N) is 2. The molecule has 0 spiro atoms. The first-order valence-electron chi connectivity index (χ1n) is 9.85. The van der Waals surface area contributed by atoms with Crippen molar-refractivity contribution in [2.75, 3.05) is 6.54 Å². The number of hydrogen-bond acceptors (Lipinski definition) is 4. The van der Waals surface area contributed by atoms with Gasteiger partial charge in [-0.1, -0.05) is 25.7 Å². The lowest BCUT2D eigenvalue weighted by atomic mass is 9.78. The van der Waals surface area contributed by atoms with Crippen molar-refractivity contribution in [2.24, 2.45) is 23.7 Å². The molecule has 2 amide bonds. The number of rotatable bonds is 7. The van der Waals surface area contributed by atoms with E-state index in [0.29, 0.717) is 25.7 Å². The van der Waals surface area contributed by atoms with Crippen LogP contribution in [0.3, 0.4) is 0 Å². The number of hydrogen-bond donors (Lipinski definition) is 4. The van der Waals surface area contributed by atoms with Crippen LogP contribution >= 0.6 is 0 Å². The quantitative estimate of drug-likeness (QED) is 0.526. The third-order valence-corrected chi connectivity index (χ3v) is 5.81. The lowest BCUT2D eigenvalue weighted by Crippen LogP contribution is -2.48. The van der Waals surface area contributed by atoms with Gasteiger partial charge in [-0.3, -0.25) is 19.2 Å². The highest BCUT2D eigenvalue weighted by molar-refractivity contribution is 5.86. The fraction of sp³-hybridized carbons (Fsp3) is 0.789. The first kappa shape index (κ1) is 21.2. The second-order valence-corrected chi connectivity index (χ2v) is 7.83. The number of carboxylic acids is 2. The van der Waals surface area contributed by atoms with Gasteiger partial charge in [-0.15, -0.1) is 0 Å². The molecule has 0 radical (unpaired) electrons. The van der Waals surface area contributed by atoms with Crippen molar-refractivity contribution in [1.29, 1.82) is 0 Å². The molecule has 0 aromatic rings. The van der Waals surface area contributed by atoms with Gasteiger partial charge in [-0.2, -0.15) is 0 Å². The minimum Gasteiger partial charge on any atom is -0.481 e. The van der Waals surface area contributed by atoms with Crippen LogP contribution in [0, 0.1) is 23.7 Å². The molecule has 0 aliphatic heterocycles. The summed E-state index contributed by atoms with van der Waals surface area (Å²) in [6.45, 7) is 1.93. The van der Waals surface area contributed by atoms with Crippen molar-refractivity contribution in [3.05, 3.63) is 0 Å². The van der Waals surface area contributed by atoms with Crippen molar-refractivity contribution in [2.45, 2.75) is 64.3 Å². The topological polar surface area (TPSA) is 133 Å². The van der Waals surface area contributed by atoms with Crippen molar-refractivity contribution in [3.63, 3.8) is 0 Å². The Kier molecular flexibility index (Phi) is 7.62. The van der Waals surface area contributed by atoms with Crippen LogP contribution in [0.25, 0.3) is 0 Å². The van der Waals surface area contributed by atoms with Crippen LogP contribution < -0.4 is 10.6 Å². The molecule has 2 aliphatic carbocycles. The highest BCUT2D eigenvalue weighted by Crippen LogP contribution is 2.31. The third kappa shape index (κ3) is 5.68. The first-order valence-corrected chi connectivity index (χ1v) is 9.85. The van der Waals surface area contributed by atoms with E-state index in [4.69, 9.17) is 0 Å². The molecule has 2 aliphatic rings. The Morgan fingerprint density at radius 2 is 1.19 bits per heavy atom. The highest BCUT2D eigenvalue weighted by Gasteiger charge is 2.37. The van der Waals surface area contributed by atoms with Gasteiger partial charge in [0.25, 0.3) is 0 Å². The van der Waals surface area contributed by atoms with Crippen molar-refractivity contribution < 1.29 is 29.4 Å². The summed E-state index contributed by atoms with van der Waals surface area (Å²) in [4.78, 5) is 47.5. The predicted octanol–water partition coefficient (Wildman–Crippen LogP) is 1.39. The van der Waals surface area contributed by atoms with Gasteiger partial charge in [0.15, 0.2) is 0 Å². The molecule has 0 unspecified atom stereocenters. The maximum Gasteiger partial charge on any atom is 0.307 e. The van der Waals surface area contributed by atoms with Gasteiger partial charge in [0.2, 0.25) is 11.8 Å². The van der Waals surface area contributed by atoms with Crippen molar-refractivity contribution >= 4 is 23.8 Å². The molecule has 2 fully saturated rings. The molecule has 152 valence electrons. The van der Waals surface area contributed by atoms with E-state index in [2.05, 4.69) is 10.6 Å². The largest absolute Gasteiger partial charge is 0.481 e. The lowest BCUT2D eigenvalue weighted by Gasteiger charge is -2.30. The average Bonchev–Trinajstić information content (AvgIpc) is 2.65. The fourth-order valence-corrected chi connectivity index (χ4v) is 4.27. The fourth-order valence-electron chi connectivity index (χ4n) is 4.27. The van der Waals surface area contributed by atoms with Crippen LogP contribution in [0.2, 0.25) is 0 Å². The zero-order chi connectivity index (χ0) is 20.0. The van der Waals surface area contributed by atoms with Gasteiger partial charge in [0.05, 0.1) is 23.7 Å². The summed E-state index contributed by atoms with van der Waals surface area (Å²) in [5.41, 5.74) is 0. The first-order chi connectivity index (χ1) is 12.8. The summed E-state index contributed by atoms with van der Waals surface area (Å²) in [5.74, 6) is -4.82. The molecule has 0 aromatic carbocycles. The minimum absolute atomic E-state index is 0.192. The Bertz CT molecular complexity index is 579. The zero-order valence-corrected chi connectivity index (χ0v) is 15.8. The molecule has 8 nitrogen and oxygen atoms in total. The second-order valence-electron chi connectivity index (χ2n) is 7.83. The molecule has 2 rings (SSSR count). The summed E-state index contributed by atoms with van der Waals surface area (Å²) in [7, 11) is 0.